The summed E-state index contributed by atoms with van der Waals surface area (Å²) in [7, 11) is 0. The van der Waals surface area contributed by atoms with Crippen LogP contribution in [0.2, 0.25) is 0 Å². The van der Waals surface area contributed by atoms with E-state index in [4.69, 9.17) is 4.74 Å². The number of esters is 1. The fourth-order valence-electron chi connectivity index (χ4n) is 8.14. The van der Waals surface area contributed by atoms with Gasteiger partial charge in [0.25, 0.3) is 0 Å². The van der Waals surface area contributed by atoms with Crippen LogP contribution >= 0.6 is 0 Å². The molecule has 0 saturated heterocycles. The first-order valence-corrected chi connectivity index (χ1v) is 12.6. The third kappa shape index (κ3) is 3.43. The van der Waals surface area contributed by atoms with Gasteiger partial charge in [0, 0.05) is 18.3 Å². The van der Waals surface area contributed by atoms with E-state index in [1.165, 1.54) is 5.57 Å². The molecule has 31 heavy (non-hydrogen) atoms. The molecule has 4 rings (SSSR count). The molecule has 0 amide bonds. The predicted molar refractivity (Wildman–Crippen MR) is 120 cm³/mol. The summed E-state index contributed by atoms with van der Waals surface area (Å²) in [5.41, 5.74) is 0.261. The van der Waals surface area contributed by atoms with E-state index in [1.54, 1.807) is 6.92 Å². The number of rotatable bonds is 6. The SMILES string of the molecule is CCCCCC(=O)O[C@]1(C(C)=O)CC[C@@H]2[C@@H]3CCC4=CC(=O)CC[C@]4(C)[C@H]3CC[C@]21C. The highest BCUT2D eigenvalue weighted by Gasteiger charge is 2.67. The highest BCUT2D eigenvalue weighted by Crippen LogP contribution is 2.68. The molecule has 0 aromatic carbocycles. The molecule has 4 heteroatoms. The van der Waals surface area contributed by atoms with Gasteiger partial charge in [0.15, 0.2) is 17.2 Å². The van der Waals surface area contributed by atoms with E-state index in [9.17, 15) is 14.4 Å². The number of fused-ring (bicyclic) bond motifs is 5. The van der Waals surface area contributed by atoms with Gasteiger partial charge in [0.2, 0.25) is 0 Å². The van der Waals surface area contributed by atoms with Crippen molar-refractivity contribution in [3.05, 3.63) is 11.6 Å². The van der Waals surface area contributed by atoms with E-state index in [0.29, 0.717) is 37.0 Å². The third-order valence-corrected chi connectivity index (χ3v) is 9.92. The molecule has 0 bridgehead atoms. The van der Waals surface area contributed by atoms with Crippen LogP contribution in [-0.4, -0.2) is 23.1 Å². The van der Waals surface area contributed by atoms with Crippen LogP contribution in [0.5, 0.6) is 0 Å². The van der Waals surface area contributed by atoms with Gasteiger partial charge in [-0.2, -0.15) is 0 Å². The van der Waals surface area contributed by atoms with E-state index in [1.807, 2.05) is 6.08 Å². The van der Waals surface area contributed by atoms with Crippen LogP contribution in [0.15, 0.2) is 11.6 Å². The summed E-state index contributed by atoms with van der Waals surface area (Å²) in [6, 6.07) is 0. The quantitative estimate of drug-likeness (QED) is 0.386. The fraction of sp³-hybridized carbons (Fsp3) is 0.815. The molecular formula is C27H40O4. The van der Waals surface area contributed by atoms with Gasteiger partial charge < -0.3 is 4.74 Å². The van der Waals surface area contributed by atoms with Gasteiger partial charge in [-0.3, -0.25) is 14.4 Å². The number of hydrogen-bond donors (Lipinski definition) is 0. The lowest BCUT2D eigenvalue weighted by molar-refractivity contribution is -0.189. The Hall–Kier alpha value is -1.45. The molecule has 0 N–H and O–H groups in total. The summed E-state index contributed by atoms with van der Waals surface area (Å²) < 4.78 is 6.16. The van der Waals surface area contributed by atoms with E-state index in [2.05, 4.69) is 20.8 Å². The number of allylic oxidation sites excluding steroid dienone is 1. The Morgan fingerprint density at radius 1 is 1.03 bits per heavy atom. The lowest BCUT2D eigenvalue weighted by Crippen LogP contribution is -2.58. The molecule has 0 aromatic heterocycles. The number of Topliss-reactive ketones (excluding diaryl/α,β-unsaturated/α-hetero) is 1. The van der Waals surface area contributed by atoms with Gasteiger partial charge in [-0.15, -0.1) is 0 Å². The lowest BCUT2D eigenvalue weighted by atomic mass is 9.46. The molecule has 6 atom stereocenters. The first-order chi connectivity index (χ1) is 14.7. The van der Waals surface area contributed by atoms with Gasteiger partial charge in [-0.25, -0.2) is 0 Å². The Kier molecular flexibility index (Phi) is 5.98. The second-order valence-corrected chi connectivity index (χ2v) is 11.3. The van der Waals surface area contributed by atoms with E-state index in [-0.39, 0.29) is 28.4 Å². The summed E-state index contributed by atoms with van der Waals surface area (Å²) in [4.78, 5) is 37.8. The molecule has 172 valence electrons. The largest absolute Gasteiger partial charge is 0.450 e. The van der Waals surface area contributed by atoms with Crippen LogP contribution in [0.3, 0.4) is 0 Å². The Labute approximate surface area is 187 Å². The molecule has 3 saturated carbocycles. The molecule has 0 aliphatic heterocycles. The van der Waals surface area contributed by atoms with Crippen LogP contribution in [0.25, 0.3) is 0 Å². The fourth-order valence-corrected chi connectivity index (χ4v) is 8.14. The van der Waals surface area contributed by atoms with Crippen molar-refractivity contribution in [3.63, 3.8) is 0 Å². The molecule has 3 fully saturated rings. The van der Waals surface area contributed by atoms with Gasteiger partial charge in [0.1, 0.15) is 0 Å². The number of ketones is 2. The van der Waals surface area contributed by atoms with E-state index >= 15 is 0 Å². The van der Waals surface area contributed by atoms with Gasteiger partial charge in [0.05, 0.1) is 0 Å². The average Bonchev–Trinajstić information content (AvgIpc) is 3.02. The average molecular weight is 429 g/mol. The van der Waals surface area contributed by atoms with Crippen LogP contribution in [-0.2, 0) is 19.1 Å². The van der Waals surface area contributed by atoms with Gasteiger partial charge in [-0.1, -0.05) is 39.2 Å². The summed E-state index contributed by atoms with van der Waals surface area (Å²) >= 11 is 0. The molecule has 0 heterocycles. The highest BCUT2D eigenvalue weighted by molar-refractivity contribution is 5.91. The maximum absolute atomic E-state index is 13.1. The molecule has 4 nitrogen and oxygen atoms in total. The Morgan fingerprint density at radius 2 is 1.77 bits per heavy atom. The first kappa shape index (κ1) is 22.7. The highest BCUT2D eigenvalue weighted by atomic mass is 16.6. The summed E-state index contributed by atoms with van der Waals surface area (Å²) in [5, 5.41) is 0. The van der Waals surface area contributed by atoms with Crippen molar-refractivity contribution in [1.29, 1.82) is 0 Å². The lowest BCUT2D eigenvalue weighted by Gasteiger charge is -2.59. The number of hydrogen-bond acceptors (Lipinski definition) is 4. The minimum absolute atomic E-state index is 0.0330. The topological polar surface area (TPSA) is 60.4 Å². The second kappa shape index (κ2) is 8.15. The van der Waals surface area contributed by atoms with Crippen molar-refractivity contribution in [2.45, 2.75) is 110 Å². The van der Waals surface area contributed by atoms with E-state index < -0.39 is 5.60 Å². The van der Waals surface area contributed by atoms with Crippen molar-refractivity contribution >= 4 is 17.5 Å². The Morgan fingerprint density at radius 3 is 2.48 bits per heavy atom. The van der Waals surface area contributed by atoms with Crippen molar-refractivity contribution in [2.75, 3.05) is 0 Å². The van der Waals surface area contributed by atoms with Gasteiger partial charge in [-0.05, 0) is 87.5 Å². The number of ether oxygens (including phenoxy) is 1. The van der Waals surface area contributed by atoms with Crippen molar-refractivity contribution < 1.29 is 19.1 Å². The molecular weight excluding hydrogens is 388 g/mol. The summed E-state index contributed by atoms with van der Waals surface area (Å²) in [6.45, 7) is 8.37. The maximum Gasteiger partial charge on any atom is 0.306 e. The second-order valence-electron chi connectivity index (χ2n) is 11.3. The van der Waals surface area contributed by atoms with Crippen molar-refractivity contribution in [2.24, 2.45) is 28.6 Å². The standard InChI is InChI=1S/C27H40O4/c1-5-6-7-8-24(30)31-27(18(2)28)16-13-23-21-10-9-19-17-20(29)11-14-25(19,3)22(21)12-15-26(23,27)4/h17,21-23H,5-16H2,1-4H3/t21-,22+,23-,25+,26-,27+/m1/s1. The maximum atomic E-state index is 13.1. The smallest absolute Gasteiger partial charge is 0.306 e. The van der Waals surface area contributed by atoms with Crippen molar-refractivity contribution in [1.82, 2.24) is 0 Å². The monoisotopic (exact) mass is 428 g/mol. The van der Waals surface area contributed by atoms with Crippen LogP contribution in [0, 0.1) is 28.6 Å². The zero-order valence-electron chi connectivity index (χ0n) is 19.9. The number of carbonyl (C=O) groups is 3. The minimum Gasteiger partial charge on any atom is -0.450 e. The summed E-state index contributed by atoms with van der Waals surface area (Å²) in [6.07, 6.45) is 12.6. The summed E-state index contributed by atoms with van der Waals surface area (Å²) in [5.74, 6) is 1.66. The molecule has 0 radical (unpaired) electrons. The molecule has 0 aromatic rings. The zero-order chi connectivity index (χ0) is 22.4. The first-order valence-electron chi connectivity index (χ1n) is 12.6. The zero-order valence-corrected chi connectivity index (χ0v) is 19.9. The van der Waals surface area contributed by atoms with Gasteiger partial charge >= 0.3 is 5.97 Å². The molecule has 4 aliphatic rings. The van der Waals surface area contributed by atoms with Crippen LogP contribution in [0.1, 0.15) is 105 Å². The predicted octanol–water partition coefficient (Wildman–Crippen LogP) is 5.97. The van der Waals surface area contributed by atoms with E-state index in [0.717, 1.165) is 57.8 Å². The molecule has 0 spiro atoms. The van der Waals surface area contributed by atoms with Crippen LogP contribution < -0.4 is 0 Å². The number of carbonyl (C=O) groups excluding carboxylic acids is 3. The molecule has 4 aliphatic carbocycles. The normalized spacial score (nSPS) is 41.6. The number of unbranched alkanes of at least 4 members (excludes halogenated alkanes) is 2. The van der Waals surface area contributed by atoms with Crippen LogP contribution in [0.4, 0.5) is 0 Å². The third-order valence-electron chi connectivity index (χ3n) is 9.92. The minimum atomic E-state index is -0.953. The van der Waals surface area contributed by atoms with Crippen molar-refractivity contribution in [3.8, 4) is 0 Å². The Balaban J connectivity index is 1.59. The Bertz CT molecular complexity index is 797. The molecule has 0 unspecified atom stereocenters.